The van der Waals surface area contributed by atoms with E-state index in [4.69, 9.17) is 4.74 Å². The first-order valence-electron chi connectivity index (χ1n) is 9.17. The van der Waals surface area contributed by atoms with E-state index in [0.717, 1.165) is 43.9 Å². The van der Waals surface area contributed by atoms with Crippen molar-refractivity contribution in [2.45, 2.75) is 19.4 Å². The van der Waals surface area contributed by atoms with Crippen LogP contribution in [0.25, 0.3) is 0 Å². The summed E-state index contributed by atoms with van der Waals surface area (Å²) in [4.78, 5) is 17.0. The first-order valence-corrected chi connectivity index (χ1v) is 9.17. The number of carbonyl (C=O) groups excluding carboxylic acids is 1. The summed E-state index contributed by atoms with van der Waals surface area (Å²) in [5.74, 6) is 0.803. The summed E-state index contributed by atoms with van der Waals surface area (Å²) in [6.07, 6.45) is 0.968. The molecule has 1 N–H and O–H groups in total. The first-order chi connectivity index (χ1) is 12.7. The van der Waals surface area contributed by atoms with Crippen LogP contribution in [0.15, 0.2) is 54.6 Å². The number of anilines is 1. The van der Waals surface area contributed by atoms with Crippen molar-refractivity contribution in [1.82, 2.24) is 10.2 Å². The lowest BCUT2D eigenvalue weighted by Crippen LogP contribution is -2.43. The van der Waals surface area contributed by atoms with Gasteiger partial charge in [0.15, 0.2) is 0 Å². The molecule has 5 heteroatoms. The molecular weight excluding hydrogens is 326 g/mol. The van der Waals surface area contributed by atoms with Gasteiger partial charge >= 0.3 is 6.03 Å². The van der Waals surface area contributed by atoms with Gasteiger partial charge in [0.1, 0.15) is 5.75 Å². The highest BCUT2D eigenvalue weighted by atomic mass is 16.5. The predicted molar refractivity (Wildman–Crippen MR) is 105 cm³/mol. The van der Waals surface area contributed by atoms with E-state index in [0.29, 0.717) is 0 Å². The van der Waals surface area contributed by atoms with Crippen molar-refractivity contribution in [3.63, 3.8) is 0 Å². The van der Waals surface area contributed by atoms with Crippen LogP contribution in [0.5, 0.6) is 5.75 Å². The molecule has 0 saturated carbocycles. The Morgan fingerprint density at radius 3 is 2.62 bits per heavy atom. The second-order valence-corrected chi connectivity index (χ2v) is 6.61. The van der Waals surface area contributed by atoms with Gasteiger partial charge in [0, 0.05) is 31.9 Å². The van der Waals surface area contributed by atoms with Gasteiger partial charge in [-0.25, -0.2) is 4.79 Å². The third-order valence-corrected chi connectivity index (χ3v) is 4.84. The van der Waals surface area contributed by atoms with Crippen LogP contribution in [0.4, 0.5) is 10.5 Å². The van der Waals surface area contributed by atoms with Crippen LogP contribution in [0, 0.1) is 0 Å². The molecule has 2 aromatic carbocycles. The van der Waals surface area contributed by atoms with Gasteiger partial charge in [-0.1, -0.05) is 30.3 Å². The minimum atomic E-state index is -0.0638. The molecule has 2 aromatic rings. The van der Waals surface area contributed by atoms with Crippen molar-refractivity contribution in [3.05, 3.63) is 60.2 Å². The van der Waals surface area contributed by atoms with E-state index in [9.17, 15) is 4.79 Å². The number of hydrogen-bond acceptors (Lipinski definition) is 3. The van der Waals surface area contributed by atoms with E-state index in [1.54, 1.807) is 7.11 Å². The Morgan fingerprint density at radius 1 is 1.04 bits per heavy atom. The summed E-state index contributed by atoms with van der Waals surface area (Å²) >= 11 is 0. The number of hydrogen-bond donors (Lipinski definition) is 1. The van der Waals surface area contributed by atoms with Crippen molar-refractivity contribution >= 4 is 11.7 Å². The van der Waals surface area contributed by atoms with Gasteiger partial charge in [-0.2, -0.15) is 0 Å². The number of nitrogens with one attached hydrogen (secondary N) is 1. The SMILES string of the molecule is COc1cccc(C(C)NC(=O)N2CCCN(c3ccccc3)CC2)c1. The summed E-state index contributed by atoms with van der Waals surface area (Å²) < 4.78 is 5.27. The topological polar surface area (TPSA) is 44.8 Å². The van der Waals surface area contributed by atoms with Crippen LogP contribution < -0.4 is 15.0 Å². The van der Waals surface area contributed by atoms with E-state index >= 15 is 0 Å². The monoisotopic (exact) mass is 353 g/mol. The van der Waals surface area contributed by atoms with Crippen LogP contribution in [0.1, 0.15) is 24.9 Å². The molecule has 5 nitrogen and oxygen atoms in total. The second-order valence-electron chi connectivity index (χ2n) is 6.61. The third-order valence-electron chi connectivity index (χ3n) is 4.84. The van der Waals surface area contributed by atoms with Crippen molar-refractivity contribution in [3.8, 4) is 5.75 Å². The Kier molecular flexibility index (Phi) is 6.00. The molecular formula is C21H27N3O2. The summed E-state index contributed by atoms with van der Waals surface area (Å²) in [5.41, 5.74) is 2.26. The van der Waals surface area contributed by atoms with Gasteiger partial charge in [0.25, 0.3) is 0 Å². The lowest BCUT2D eigenvalue weighted by atomic mass is 10.1. The standard InChI is InChI=1S/C21H27N3O2/c1-17(18-8-6-11-20(16-18)26-2)22-21(25)24-13-7-12-23(14-15-24)19-9-4-3-5-10-19/h3-6,8-11,16-17H,7,12-15H2,1-2H3,(H,22,25). The molecule has 138 valence electrons. The summed E-state index contributed by atoms with van der Waals surface area (Å²) in [7, 11) is 1.65. The molecule has 0 radical (unpaired) electrons. The normalized spacial score (nSPS) is 15.9. The second kappa shape index (κ2) is 8.61. The number of amides is 2. The van der Waals surface area contributed by atoms with Gasteiger partial charge < -0.3 is 19.9 Å². The zero-order chi connectivity index (χ0) is 18.4. The number of ether oxygens (including phenoxy) is 1. The molecule has 0 aromatic heterocycles. The van der Waals surface area contributed by atoms with Crippen molar-refractivity contribution in [2.24, 2.45) is 0 Å². The van der Waals surface area contributed by atoms with Crippen molar-refractivity contribution < 1.29 is 9.53 Å². The maximum atomic E-state index is 12.7. The highest BCUT2D eigenvalue weighted by Gasteiger charge is 2.21. The van der Waals surface area contributed by atoms with Crippen LogP contribution in [-0.4, -0.2) is 44.2 Å². The van der Waals surface area contributed by atoms with Crippen molar-refractivity contribution in [1.29, 1.82) is 0 Å². The Bertz CT molecular complexity index is 720. The summed E-state index contributed by atoms with van der Waals surface area (Å²) in [6.45, 7) is 5.33. The molecule has 1 fully saturated rings. The zero-order valence-corrected chi connectivity index (χ0v) is 15.5. The number of para-hydroxylation sites is 1. The Balaban J connectivity index is 1.58. The average Bonchev–Trinajstić information content (AvgIpc) is 2.95. The van der Waals surface area contributed by atoms with E-state index in [-0.39, 0.29) is 12.1 Å². The van der Waals surface area contributed by atoms with E-state index < -0.39 is 0 Å². The number of carbonyl (C=O) groups is 1. The predicted octanol–water partition coefficient (Wildman–Crippen LogP) is 3.68. The Morgan fingerprint density at radius 2 is 1.85 bits per heavy atom. The van der Waals surface area contributed by atoms with Gasteiger partial charge in [0.2, 0.25) is 0 Å². The van der Waals surface area contributed by atoms with Crippen LogP contribution >= 0.6 is 0 Å². The highest BCUT2D eigenvalue weighted by molar-refractivity contribution is 5.75. The summed E-state index contributed by atoms with van der Waals surface area (Å²) in [6, 6.07) is 18.1. The molecule has 3 rings (SSSR count). The van der Waals surface area contributed by atoms with Crippen molar-refractivity contribution in [2.75, 3.05) is 38.2 Å². The highest BCUT2D eigenvalue weighted by Crippen LogP contribution is 2.20. The number of nitrogens with zero attached hydrogens (tertiary/aromatic N) is 2. The summed E-state index contributed by atoms with van der Waals surface area (Å²) in [5, 5.41) is 3.11. The quantitative estimate of drug-likeness (QED) is 0.912. The molecule has 0 bridgehead atoms. The molecule has 0 aliphatic carbocycles. The smallest absolute Gasteiger partial charge is 0.317 e. The maximum absolute atomic E-state index is 12.7. The zero-order valence-electron chi connectivity index (χ0n) is 15.5. The lowest BCUT2D eigenvalue weighted by Gasteiger charge is -2.25. The number of rotatable bonds is 4. The van der Waals surface area contributed by atoms with E-state index in [2.05, 4.69) is 34.5 Å². The van der Waals surface area contributed by atoms with Gasteiger partial charge in [-0.15, -0.1) is 0 Å². The fourth-order valence-electron chi connectivity index (χ4n) is 3.29. The van der Waals surface area contributed by atoms with E-state index in [1.165, 1.54) is 5.69 Å². The molecule has 1 heterocycles. The largest absolute Gasteiger partial charge is 0.497 e. The maximum Gasteiger partial charge on any atom is 0.317 e. The first kappa shape index (κ1) is 18.1. The number of urea groups is 1. The number of methoxy groups -OCH3 is 1. The number of benzene rings is 2. The van der Waals surface area contributed by atoms with Crippen LogP contribution in [0.2, 0.25) is 0 Å². The average molecular weight is 353 g/mol. The lowest BCUT2D eigenvalue weighted by molar-refractivity contribution is 0.198. The van der Waals surface area contributed by atoms with Gasteiger partial charge in [-0.3, -0.25) is 0 Å². The molecule has 1 atom stereocenters. The Hall–Kier alpha value is -2.69. The minimum absolute atomic E-state index is 0.00442. The minimum Gasteiger partial charge on any atom is -0.497 e. The molecule has 1 aliphatic rings. The molecule has 0 spiro atoms. The van der Waals surface area contributed by atoms with Gasteiger partial charge in [0.05, 0.1) is 13.2 Å². The molecule has 2 amide bonds. The Labute approximate surface area is 155 Å². The molecule has 1 unspecified atom stereocenters. The van der Waals surface area contributed by atoms with E-state index in [1.807, 2.05) is 42.2 Å². The molecule has 1 aliphatic heterocycles. The molecule has 1 saturated heterocycles. The van der Waals surface area contributed by atoms with Crippen LogP contribution in [-0.2, 0) is 0 Å². The fourth-order valence-corrected chi connectivity index (χ4v) is 3.29. The molecule has 26 heavy (non-hydrogen) atoms. The van der Waals surface area contributed by atoms with Gasteiger partial charge in [-0.05, 0) is 43.2 Å². The van der Waals surface area contributed by atoms with Crippen LogP contribution in [0.3, 0.4) is 0 Å². The third kappa shape index (κ3) is 4.48. The fraction of sp³-hybridized carbons (Fsp3) is 0.381.